The summed E-state index contributed by atoms with van der Waals surface area (Å²) in [6, 6.07) is 3.12. The number of hydrogen-bond donors (Lipinski definition) is 2. The maximum absolute atomic E-state index is 10.8. The number of carboxylic acid groups (broad SMARTS) is 1. The highest BCUT2D eigenvalue weighted by molar-refractivity contribution is 7.98. The molecule has 1 aromatic carbocycles. The van der Waals surface area contributed by atoms with Crippen LogP contribution in [0.4, 0.5) is 0 Å². The normalized spacial score (nSPS) is 12.0. The van der Waals surface area contributed by atoms with Gasteiger partial charge >= 0.3 is 5.97 Å². The molecule has 0 bridgehead atoms. The van der Waals surface area contributed by atoms with Crippen LogP contribution in [-0.2, 0) is 4.79 Å². The number of aliphatic hydroxyl groups is 1. The lowest BCUT2D eigenvalue weighted by Crippen LogP contribution is -2.12. The molecule has 0 saturated carbocycles. The zero-order valence-corrected chi connectivity index (χ0v) is 10.6. The monoisotopic (exact) mass is 258 g/mol. The van der Waals surface area contributed by atoms with Gasteiger partial charge in [-0.1, -0.05) is 0 Å². The Hall–Kier alpha value is -1.40. The summed E-state index contributed by atoms with van der Waals surface area (Å²) in [7, 11) is 2.91. The molecule has 17 heavy (non-hydrogen) atoms. The first kappa shape index (κ1) is 13.7. The van der Waals surface area contributed by atoms with E-state index in [1.807, 2.05) is 6.26 Å². The number of methoxy groups -OCH3 is 2. The molecule has 0 spiro atoms. The highest BCUT2D eigenvalue weighted by atomic mass is 32.2. The fourth-order valence-electron chi connectivity index (χ4n) is 1.40. The van der Waals surface area contributed by atoms with E-state index in [9.17, 15) is 9.90 Å². The van der Waals surface area contributed by atoms with E-state index in [-0.39, 0.29) is 5.56 Å². The Bertz CT molecular complexity index is 419. The molecule has 0 aromatic heterocycles. The molecule has 0 amide bonds. The molecule has 1 aromatic rings. The van der Waals surface area contributed by atoms with Crippen LogP contribution in [0.25, 0.3) is 0 Å². The Morgan fingerprint density at radius 3 is 2.29 bits per heavy atom. The van der Waals surface area contributed by atoms with Gasteiger partial charge in [0.2, 0.25) is 0 Å². The number of benzene rings is 1. The lowest BCUT2D eigenvalue weighted by molar-refractivity contribution is -0.147. The van der Waals surface area contributed by atoms with Gasteiger partial charge in [0.05, 0.1) is 19.1 Å². The molecule has 0 aliphatic heterocycles. The minimum atomic E-state index is -1.63. The SMILES string of the molecule is COc1cc(C(O)C(=O)O)c(OC)cc1SC. The van der Waals surface area contributed by atoms with Crippen molar-refractivity contribution in [3.63, 3.8) is 0 Å². The van der Waals surface area contributed by atoms with E-state index in [4.69, 9.17) is 14.6 Å². The van der Waals surface area contributed by atoms with Gasteiger partial charge < -0.3 is 19.7 Å². The van der Waals surface area contributed by atoms with Crippen molar-refractivity contribution in [3.05, 3.63) is 17.7 Å². The van der Waals surface area contributed by atoms with Gasteiger partial charge in [0.15, 0.2) is 6.10 Å². The van der Waals surface area contributed by atoms with Crippen LogP contribution in [0.5, 0.6) is 11.5 Å². The Kier molecular flexibility index (Phi) is 4.65. The first-order chi connectivity index (χ1) is 8.04. The molecule has 1 unspecified atom stereocenters. The van der Waals surface area contributed by atoms with E-state index in [0.29, 0.717) is 11.5 Å². The second kappa shape index (κ2) is 5.79. The summed E-state index contributed by atoms with van der Waals surface area (Å²) in [6.07, 6.45) is 0.236. The molecule has 1 rings (SSSR count). The molecule has 0 aliphatic rings. The highest BCUT2D eigenvalue weighted by Gasteiger charge is 2.22. The molecule has 0 heterocycles. The van der Waals surface area contributed by atoms with Crippen LogP contribution >= 0.6 is 11.8 Å². The number of carboxylic acids is 1. The lowest BCUT2D eigenvalue weighted by Gasteiger charge is -2.15. The molecule has 94 valence electrons. The van der Waals surface area contributed by atoms with Gasteiger partial charge in [-0.3, -0.25) is 0 Å². The molecule has 6 heteroatoms. The number of aliphatic carboxylic acids is 1. The topological polar surface area (TPSA) is 76.0 Å². The first-order valence-corrected chi connectivity index (χ1v) is 5.98. The van der Waals surface area contributed by atoms with Crippen molar-refractivity contribution in [1.29, 1.82) is 0 Å². The summed E-state index contributed by atoms with van der Waals surface area (Å²) >= 11 is 1.44. The van der Waals surface area contributed by atoms with E-state index in [1.54, 1.807) is 6.07 Å². The third-order valence-corrected chi connectivity index (χ3v) is 3.02. The molecule has 0 saturated heterocycles. The van der Waals surface area contributed by atoms with Crippen molar-refractivity contribution in [3.8, 4) is 11.5 Å². The maximum atomic E-state index is 10.8. The van der Waals surface area contributed by atoms with Gasteiger partial charge in [-0.25, -0.2) is 4.79 Å². The molecule has 2 N–H and O–H groups in total. The number of aliphatic hydroxyl groups excluding tert-OH is 1. The largest absolute Gasteiger partial charge is 0.496 e. The van der Waals surface area contributed by atoms with Gasteiger partial charge in [0.1, 0.15) is 11.5 Å². The van der Waals surface area contributed by atoms with E-state index < -0.39 is 12.1 Å². The third-order valence-electron chi connectivity index (χ3n) is 2.26. The van der Waals surface area contributed by atoms with Crippen LogP contribution in [0.3, 0.4) is 0 Å². The summed E-state index contributed by atoms with van der Waals surface area (Å²) in [6.45, 7) is 0. The van der Waals surface area contributed by atoms with Crippen LogP contribution in [0.15, 0.2) is 17.0 Å². The summed E-state index contributed by atoms with van der Waals surface area (Å²) < 4.78 is 10.2. The molecule has 0 fully saturated rings. The van der Waals surface area contributed by atoms with Gasteiger partial charge in [0, 0.05) is 5.56 Å². The Morgan fingerprint density at radius 2 is 1.88 bits per heavy atom. The zero-order valence-electron chi connectivity index (χ0n) is 9.76. The predicted octanol–water partition coefficient (Wildman–Crippen LogP) is 1.54. The lowest BCUT2D eigenvalue weighted by atomic mass is 10.1. The Balaban J connectivity index is 3.33. The summed E-state index contributed by atoms with van der Waals surface area (Å²) in [5, 5.41) is 18.3. The Labute approximate surface area is 103 Å². The molecule has 0 aliphatic carbocycles. The van der Waals surface area contributed by atoms with E-state index in [1.165, 1.54) is 32.0 Å². The van der Waals surface area contributed by atoms with Gasteiger partial charge in [-0.15, -0.1) is 11.8 Å². The van der Waals surface area contributed by atoms with Gasteiger partial charge in [-0.2, -0.15) is 0 Å². The minimum absolute atomic E-state index is 0.176. The molecular formula is C11H14O5S. The van der Waals surface area contributed by atoms with Crippen molar-refractivity contribution in [1.82, 2.24) is 0 Å². The Morgan fingerprint density at radius 1 is 1.29 bits per heavy atom. The molecule has 0 radical (unpaired) electrons. The maximum Gasteiger partial charge on any atom is 0.337 e. The van der Waals surface area contributed by atoms with E-state index >= 15 is 0 Å². The third kappa shape index (κ3) is 2.83. The van der Waals surface area contributed by atoms with Crippen molar-refractivity contribution in [2.45, 2.75) is 11.0 Å². The summed E-state index contributed by atoms with van der Waals surface area (Å²) in [5.74, 6) is -0.499. The second-order valence-electron chi connectivity index (χ2n) is 3.19. The highest BCUT2D eigenvalue weighted by Crippen LogP contribution is 2.37. The fourth-order valence-corrected chi connectivity index (χ4v) is 1.97. The number of carbonyl (C=O) groups is 1. The quantitative estimate of drug-likeness (QED) is 0.780. The summed E-state index contributed by atoms with van der Waals surface area (Å²) in [5.41, 5.74) is 0.176. The van der Waals surface area contributed by atoms with E-state index in [0.717, 1.165) is 4.90 Å². The average molecular weight is 258 g/mol. The fraction of sp³-hybridized carbons (Fsp3) is 0.364. The number of rotatable bonds is 5. The molecule has 1 atom stereocenters. The average Bonchev–Trinajstić information content (AvgIpc) is 2.35. The van der Waals surface area contributed by atoms with Crippen LogP contribution in [0.2, 0.25) is 0 Å². The van der Waals surface area contributed by atoms with Crippen molar-refractivity contribution < 1.29 is 24.5 Å². The minimum Gasteiger partial charge on any atom is -0.496 e. The smallest absolute Gasteiger partial charge is 0.337 e. The van der Waals surface area contributed by atoms with Gasteiger partial charge in [-0.05, 0) is 18.4 Å². The molecule has 5 nitrogen and oxygen atoms in total. The molecular weight excluding hydrogens is 244 g/mol. The second-order valence-corrected chi connectivity index (χ2v) is 4.04. The van der Waals surface area contributed by atoms with Crippen LogP contribution in [0.1, 0.15) is 11.7 Å². The van der Waals surface area contributed by atoms with Crippen molar-refractivity contribution >= 4 is 17.7 Å². The van der Waals surface area contributed by atoms with Crippen molar-refractivity contribution in [2.75, 3.05) is 20.5 Å². The van der Waals surface area contributed by atoms with Crippen molar-refractivity contribution in [2.24, 2.45) is 0 Å². The van der Waals surface area contributed by atoms with Crippen LogP contribution in [-0.4, -0.2) is 36.7 Å². The number of hydrogen-bond acceptors (Lipinski definition) is 5. The predicted molar refractivity (Wildman–Crippen MR) is 63.9 cm³/mol. The zero-order chi connectivity index (χ0) is 13.0. The van der Waals surface area contributed by atoms with E-state index in [2.05, 4.69) is 0 Å². The van der Waals surface area contributed by atoms with Gasteiger partial charge in [0.25, 0.3) is 0 Å². The van der Waals surface area contributed by atoms with Crippen LogP contribution in [0, 0.1) is 0 Å². The van der Waals surface area contributed by atoms with Crippen LogP contribution < -0.4 is 9.47 Å². The standard InChI is InChI=1S/C11H14O5S/c1-15-7-5-9(17-3)8(16-2)4-6(7)10(12)11(13)14/h4-5,10,12H,1-3H3,(H,13,14). The first-order valence-electron chi connectivity index (χ1n) is 4.76. The number of ether oxygens (including phenoxy) is 2. The summed E-state index contributed by atoms with van der Waals surface area (Å²) in [4.78, 5) is 11.6. The number of thioether (sulfide) groups is 1.